The molecule has 15 heavy (non-hydrogen) atoms. The van der Waals surface area contributed by atoms with E-state index in [0.29, 0.717) is 0 Å². The van der Waals surface area contributed by atoms with Crippen LogP contribution in [0.2, 0.25) is 0 Å². The molecule has 80 valence electrons. The fraction of sp³-hybridized carbons (Fsp3) is 0.455. The van der Waals surface area contributed by atoms with Crippen molar-refractivity contribution in [3.05, 3.63) is 24.2 Å². The highest BCUT2D eigenvalue weighted by Gasteiger charge is 2.04. The molecule has 0 aliphatic heterocycles. The molecule has 0 aromatic carbocycles. The van der Waals surface area contributed by atoms with Gasteiger partial charge < -0.3 is 5.73 Å². The molecule has 0 saturated heterocycles. The SMILES string of the molecule is CCCCCc1nnc2ccc(N)cn12. The third-order valence-electron chi connectivity index (χ3n) is 2.50. The van der Waals surface area contributed by atoms with E-state index in [1.54, 1.807) is 0 Å². The third kappa shape index (κ3) is 2.09. The van der Waals surface area contributed by atoms with Crippen molar-refractivity contribution in [2.75, 3.05) is 5.73 Å². The van der Waals surface area contributed by atoms with E-state index in [2.05, 4.69) is 17.1 Å². The van der Waals surface area contributed by atoms with Crippen LogP contribution in [0.5, 0.6) is 0 Å². The predicted molar refractivity (Wildman–Crippen MR) is 60.6 cm³/mol. The zero-order chi connectivity index (χ0) is 10.7. The van der Waals surface area contributed by atoms with Crippen molar-refractivity contribution in [2.24, 2.45) is 0 Å². The van der Waals surface area contributed by atoms with E-state index in [9.17, 15) is 0 Å². The van der Waals surface area contributed by atoms with E-state index in [-0.39, 0.29) is 0 Å². The highest BCUT2D eigenvalue weighted by Crippen LogP contribution is 2.10. The van der Waals surface area contributed by atoms with Gasteiger partial charge in [0, 0.05) is 18.3 Å². The lowest BCUT2D eigenvalue weighted by Crippen LogP contribution is -1.96. The summed E-state index contributed by atoms with van der Waals surface area (Å²) < 4.78 is 1.98. The Morgan fingerprint density at radius 1 is 1.27 bits per heavy atom. The number of unbranched alkanes of at least 4 members (excludes halogenated alkanes) is 2. The van der Waals surface area contributed by atoms with Crippen LogP contribution in [0.25, 0.3) is 5.65 Å². The van der Waals surface area contributed by atoms with Crippen molar-refractivity contribution in [1.82, 2.24) is 14.6 Å². The molecule has 2 N–H and O–H groups in total. The summed E-state index contributed by atoms with van der Waals surface area (Å²) in [5.74, 6) is 1.01. The Balaban J connectivity index is 2.23. The van der Waals surface area contributed by atoms with E-state index in [1.165, 1.54) is 12.8 Å². The molecular formula is C11H16N4. The molecule has 4 heteroatoms. The second-order valence-electron chi connectivity index (χ2n) is 3.76. The zero-order valence-electron chi connectivity index (χ0n) is 8.98. The number of nitrogens with zero attached hydrogens (tertiary/aromatic N) is 3. The van der Waals surface area contributed by atoms with Crippen LogP contribution < -0.4 is 5.73 Å². The molecule has 0 spiro atoms. The molecule has 2 aromatic heterocycles. The summed E-state index contributed by atoms with van der Waals surface area (Å²) in [7, 11) is 0. The van der Waals surface area contributed by atoms with Gasteiger partial charge in [0.2, 0.25) is 0 Å². The maximum atomic E-state index is 5.73. The summed E-state index contributed by atoms with van der Waals surface area (Å²) in [5.41, 5.74) is 7.35. The van der Waals surface area contributed by atoms with Crippen molar-refractivity contribution in [3.8, 4) is 0 Å². The molecular weight excluding hydrogens is 188 g/mol. The van der Waals surface area contributed by atoms with Gasteiger partial charge in [-0.25, -0.2) is 0 Å². The van der Waals surface area contributed by atoms with Crippen molar-refractivity contribution < 1.29 is 0 Å². The highest BCUT2D eigenvalue weighted by atomic mass is 15.2. The van der Waals surface area contributed by atoms with Gasteiger partial charge in [-0.15, -0.1) is 10.2 Å². The van der Waals surface area contributed by atoms with Crippen LogP contribution in [0.15, 0.2) is 18.3 Å². The summed E-state index contributed by atoms with van der Waals surface area (Å²) in [4.78, 5) is 0. The second-order valence-corrected chi connectivity index (χ2v) is 3.76. The summed E-state index contributed by atoms with van der Waals surface area (Å²) in [6.45, 7) is 2.19. The van der Waals surface area contributed by atoms with E-state index in [1.807, 2.05) is 22.7 Å². The van der Waals surface area contributed by atoms with Crippen molar-refractivity contribution >= 4 is 11.3 Å². The van der Waals surface area contributed by atoms with Gasteiger partial charge in [-0.1, -0.05) is 19.8 Å². The molecule has 0 atom stereocenters. The Kier molecular flexibility index (Phi) is 2.85. The Bertz CT molecular complexity index is 447. The highest BCUT2D eigenvalue weighted by molar-refractivity contribution is 5.47. The maximum Gasteiger partial charge on any atom is 0.160 e. The first-order valence-corrected chi connectivity index (χ1v) is 5.40. The van der Waals surface area contributed by atoms with Gasteiger partial charge in [-0.3, -0.25) is 4.40 Å². The minimum atomic E-state index is 0.749. The van der Waals surface area contributed by atoms with Gasteiger partial charge >= 0.3 is 0 Å². The molecule has 0 aliphatic carbocycles. The summed E-state index contributed by atoms with van der Waals surface area (Å²) in [6.07, 6.45) is 6.47. The smallest absolute Gasteiger partial charge is 0.160 e. The van der Waals surface area contributed by atoms with Crippen LogP contribution in [0, 0.1) is 0 Å². The molecule has 0 radical (unpaired) electrons. The first kappa shape index (κ1) is 9.96. The normalized spacial score (nSPS) is 11.0. The number of anilines is 1. The molecule has 2 aromatic rings. The number of pyridine rings is 1. The molecule has 2 rings (SSSR count). The monoisotopic (exact) mass is 204 g/mol. The van der Waals surface area contributed by atoms with Crippen LogP contribution in [-0.2, 0) is 6.42 Å². The van der Waals surface area contributed by atoms with Gasteiger partial charge in [-0.05, 0) is 18.6 Å². The number of aryl methyl sites for hydroxylation is 1. The first-order valence-electron chi connectivity index (χ1n) is 5.40. The summed E-state index contributed by atoms with van der Waals surface area (Å²) >= 11 is 0. The van der Waals surface area contributed by atoms with Crippen LogP contribution in [0.3, 0.4) is 0 Å². The summed E-state index contributed by atoms with van der Waals surface area (Å²) in [6, 6.07) is 3.74. The van der Waals surface area contributed by atoms with E-state index in [4.69, 9.17) is 5.73 Å². The average Bonchev–Trinajstić information content (AvgIpc) is 2.62. The zero-order valence-corrected chi connectivity index (χ0v) is 8.98. The van der Waals surface area contributed by atoms with Crippen LogP contribution in [-0.4, -0.2) is 14.6 Å². The van der Waals surface area contributed by atoms with E-state index >= 15 is 0 Å². The molecule has 0 saturated carbocycles. The lowest BCUT2D eigenvalue weighted by Gasteiger charge is -2.00. The van der Waals surface area contributed by atoms with E-state index in [0.717, 1.165) is 30.0 Å². The van der Waals surface area contributed by atoms with Crippen LogP contribution in [0.1, 0.15) is 32.0 Å². The molecule has 0 unspecified atom stereocenters. The third-order valence-corrected chi connectivity index (χ3v) is 2.50. The summed E-state index contributed by atoms with van der Waals surface area (Å²) in [5, 5.41) is 8.26. The number of aromatic nitrogens is 3. The van der Waals surface area contributed by atoms with Gasteiger partial charge in [0.15, 0.2) is 5.65 Å². The quantitative estimate of drug-likeness (QED) is 0.775. The van der Waals surface area contributed by atoms with Crippen molar-refractivity contribution in [1.29, 1.82) is 0 Å². The van der Waals surface area contributed by atoms with Gasteiger partial charge in [-0.2, -0.15) is 0 Å². The Morgan fingerprint density at radius 2 is 2.13 bits per heavy atom. The van der Waals surface area contributed by atoms with Crippen molar-refractivity contribution in [3.63, 3.8) is 0 Å². The second kappa shape index (κ2) is 4.29. The average molecular weight is 204 g/mol. The molecule has 0 amide bonds. The topological polar surface area (TPSA) is 56.2 Å². The predicted octanol–water partition coefficient (Wildman–Crippen LogP) is 2.04. The molecule has 0 bridgehead atoms. The Hall–Kier alpha value is -1.58. The minimum Gasteiger partial charge on any atom is -0.398 e. The fourth-order valence-corrected chi connectivity index (χ4v) is 1.66. The lowest BCUT2D eigenvalue weighted by molar-refractivity contribution is 0.689. The molecule has 2 heterocycles. The lowest BCUT2D eigenvalue weighted by atomic mass is 10.2. The van der Waals surface area contributed by atoms with Gasteiger partial charge in [0.1, 0.15) is 5.82 Å². The standard InChI is InChI=1S/C11H16N4/c1-2-3-4-5-10-13-14-11-7-6-9(12)8-15(10)11/h6-8H,2-5,12H2,1H3. The van der Waals surface area contributed by atoms with Gasteiger partial charge in [0.25, 0.3) is 0 Å². The van der Waals surface area contributed by atoms with E-state index < -0.39 is 0 Å². The van der Waals surface area contributed by atoms with Crippen LogP contribution >= 0.6 is 0 Å². The number of hydrogen-bond acceptors (Lipinski definition) is 3. The number of rotatable bonds is 4. The number of fused-ring (bicyclic) bond motifs is 1. The van der Waals surface area contributed by atoms with Crippen LogP contribution in [0.4, 0.5) is 5.69 Å². The molecule has 4 nitrogen and oxygen atoms in total. The first-order chi connectivity index (χ1) is 7.31. The number of nitrogens with two attached hydrogens (primary N) is 1. The Morgan fingerprint density at radius 3 is 2.93 bits per heavy atom. The fourth-order valence-electron chi connectivity index (χ4n) is 1.66. The molecule has 0 aliphatic rings. The number of nitrogen functional groups attached to an aromatic ring is 1. The van der Waals surface area contributed by atoms with Crippen molar-refractivity contribution in [2.45, 2.75) is 32.6 Å². The molecule has 0 fully saturated rings. The Labute approximate surface area is 89.1 Å². The number of hydrogen-bond donors (Lipinski definition) is 1. The minimum absolute atomic E-state index is 0.749. The largest absolute Gasteiger partial charge is 0.398 e. The maximum absolute atomic E-state index is 5.73. The van der Waals surface area contributed by atoms with Gasteiger partial charge in [0.05, 0.1) is 0 Å².